The van der Waals surface area contributed by atoms with E-state index in [0.29, 0.717) is 24.4 Å². The molecule has 5 aliphatic rings. The minimum atomic E-state index is -4.26. The number of carbonyl (C=O) groups excluding carboxylic acids is 1. The molecule has 3 saturated heterocycles. The van der Waals surface area contributed by atoms with Crippen molar-refractivity contribution < 1.29 is 18.0 Å². The average Bonchev–Trinajstić information content (AvgIpc) is 3.52. The number of nitrogens with one attached hydrogen (secondary N) is 4. The van der Waals surface area contributed by atoms with E-state index in [2.05, 4.69) is 47.5 Å². The van der Waals surface area contributed by atoms with Crippen LogP contribution in [-0.4, -0.2) is 66.9 Å². The van der Waals surface area contributed by atoms with Crippen LogP contribution in [-0.2, 0) is 4.79 Å². The summed E-state index contributed by atoms with van der Waals surface area (Å²) in [6, 6.07) is 0.0820. The summed E-state index contributed by atoms with van der Waals surface area (Å²) in [6.45, 7) is 6.24. The molecular formula is C25H43F3N6O. The van der Waals surface area contributed by atoms with Crippen molar-refractivity contribution in [2.24, 2.45) is 41.4 Å². The van der Waals surface area contributed by atoms with Gasteiger partial charge in [-0.05, 0) is 68.7 Å². The van der Waals surface area contributed by atoms with E-state index in [9.17, 15) is 18.0 Å². The SMILES string of the molecule is CC1CNNC1C1CC2C(=O)N(C3CCCC([C@H](C)CC4NNCN4C)C3)CC2C(C(F)(F)F)C1. The molecule has 7 nitrogen and oxygen atoms in total. The quantitative estimate of drug-likeness (QED) is 0.465. The van der Waals surface area contributed by atoms with Crippen molar-refractivity contribution in [3.8, 4) is 0 Å². The van der Waals surface area contributed by atoms with Gasteiger partial charge in [0.05, 0.1) is 18.8 Å². The van der Waals surface area contributed by atoms with Crippen LogP contribution >= 0.6 is 0 Å². The number of halogens is 3. The monoisotopic (exact) mass is 500 g/mol. The van der Waals surface area contributed by atoms with E-state index >= 15 is 0 Å². The van der Waals surface area contributed by atoms with Crippen LogP contribution in [0.5, 0.6) is 0 Å². The molecule has 2 saturated carbocycles. The fourth-order valence-electron chi connectivity index (χ4n) is 7.93. The lowest BCUT2D eigenvalue weighted by Gasteiger charge is -2.40. The molecule has 0 spiro atoms. The number of likely N-dealkylation sites (tertiary alicyclic amines) is 1. The maximum Gasteiger partial charge on any atom is 0.392 e. The van der Waals surface area contributed by atoms with Gasteiger partial charge in [-0.3, -0.25) is 20.5 Å². The first kappa shape index (κ1) is 25.7. The molecule has 2 aliphatic carbocycles. The van der Waals surface area contributed by atoms with Gasteiger partial charge in [-0.15, -0.1) is 0 Å². The van der Waals surface area contributed by atoms with E-state index in [0.717, 1.165) is 45.3 Å². The molecule has 10 atom stereocenters. The highest BCUT2D eigenvalue weighted by Gasteiger charge is 2.58. The van der Waals surface area contributed by atoms with Crippen LogP contribution in [0, 0.1) is 41.4 Å². The Labute approximate surface area is 207 Å². The molecule has 0 aromatic carbocycles. The number of rotatable bonds is 5. The molecule has 0 bridgehead atoms. The summed E-state index contributed by atoms with van der Waals surface area (Å²) in [5.74, 6) is -1.34. The highest BCUT2D eigenvalue weighted by Crippen LogP contribution is 2.52. The van der Waals surface area contributed by atoms with Crippen molar-refractivity contribution in [3.63, 3.8) is 0 Å². The normalized spacial score (nSPS) is 44.1. The molecule has 3 aliphatic heterocycles. The Kier molecular flexibility index (Phi) is 7.40. The van der Waals surface area contributed by atoms with Crippen LogP contribution in [0.15, 0.2) is 0 Å². The first-order chi connectivity index (χ1) is 16.6. The minimum absolute atomic E-state index is 0.000576. The molecule has 5 rings (SSSR count). The number of fused-ring (bicyclic) bond motifs is 1. The summed E-state index contributed by atoms with van der Waals surface area (Å²) in [5, 5.41) is 0. The molecule has 10 heteroatoms. The molecule has 0 radical (unpaired) electrons. The largest absolute Gasteiger partial charge is 0.392 e. The number of alkyl halides is 3. The Morgan fingerprint density at radius 2 is 1.91 bits per heavy atom. The standard InChI is InChI=1S/C25H43F3N6O/c1-14(7-22-31-30-13-33(22)3)16-5-4-6-18(8-16)34-12-20-19(24(34)35)9-17(10-21(20)25(26,27)28)23-15(2)11-29-32-23/h14-23,29-32H,4-13H2,1-3H3/t14-,15?,16?,17?,18?,19?,20?,21?,22?,23?/m1/s1. The Morgan fingerprint density at radius 3 is 2.57 bits per heavy atom. The van der Waals surface area contributed by atoms with E-state index in [4.69, 9.17) is 0 Å². The average molecular weight is 501 g/mol. The van der Waals surface area contributed by atoms with Crippen molar-refractivity contribution in [2.75, 3.05) is 26.8 Å². The van der Waals surface area contributed by atoms with Crippen molar-refractivity contribution in [1.29, 1.82) is 0 Å². The molecule has 1 amide bonds. The van der Waals surface area contributed by atoms with E-state index in [1.54, 1.807) is 0 Å². The van der Waals surface area contributed by atoms with Crippen LogP contribution in [0.4, 0.5) is 13.2 Å². The Morgan fingerprint density at radius 1 is 1.11 bits per heavy atom. The van der Waals surface area contributed by atoms with Crippen LogP contribution in [0.25, 0.3) is 0 Å². The van der Waals surface area contributed by atoms with Crippen molar-refractivity contribution >= 4 is 5.91 Å². The third-order valence-electron chi connectivity index (χ3n) is 10.0. The fraction of sp³-hybridized carbons (Fsp3) is 0.960. The second-order valence-corrected chi connectivity index (χ2v) is 12.2. The highest BCUT2D eigenvalue weighted by molar-refractivity contribution is 5.82. The summed E-state index contributed by atoms with van der Waals surface area (Å²) < 4.78 is 42.7. The van der Waals surface area contributed by atoms with Gasteiger partial charge in [-0.1, -0.05) is 26.7 Å². The topological polar surface area (TPSA) is 71.7 Å². The lowest BCUT2D eigenvalue weighted by Crippen LogP contribution is -2.47. The predicted molar refractivity (Wildman–Crippen MR) is 127 cm³/mol. The molecule has 200 valence electrons. The smallest absolute Gasteiger partial charge is 0.339 e. The summed E-state index contributed by atoms with van der Waals surface area (Å²) in [6.07, 6.45) is 1.80. The van der Waals surface area contributed by atoms with Gasteiger partial charge in [0, 0.05) is 31.1 Å². The van der Waals surface area contributed by atoms with Crippen molar-refractivity contribution in [1.82, 2.24) is 31.5 Å². The van der Waals surface area contributed by atoms with E-state index in [1.165, 1.54) is 0 Å². The van der Waals surface area contributed by atoms with Gasteiger partial charge in [-0.2, -0.15) is 13.2 Å². The summed E-state index contributed by atoms with van der Waals surface area (Å²) in [4.78, 5) is 17.8. The maximum absolute atomic E-state index is 14.2. The van der Waals surface area contributed by atoms with Gasteiger partial charge < -0.3 is 4.90 Å². The Bertz CT molecular complexity index is 768. The summed E-state index contributed by atoms with van der Waals surface area (Å²) in [5.41, 5.74) is 12.8. The van der Waals surface area contributed by atoms with Crippen LogP contribution in [0.2, 0.25) is 0 Å². The summed E-state index contributed by atoms with van der Waals surface area (Å²) in [7, 11) is 2.10. The Balaban J connectivity index is 1.27. The molecule has 3 heterocycles. The zero-order valence-electron chi connectivity index (χ0n) is 21.3. The second kappa shape index (κ2) is 10.1. The zero-order valence-corrected chi connectivity index (χ0v) is 21.3. The van der Waals surface area contributed by atoms with Crippen LogP contribution in [0.1, 0.15) is 58.8 Å². The minimum Gasteiger partial charge on any atom is -0.339 e. The van der Waals surface area contributed by atoms with E-state index in [1.807, 2.05) is 4.90 Å². The van der Waals surface area contributed by atoms with Gasteiger partial charge in [0.15, 0.2) is 0 Å². The first-order valence-electron chi connectivity index (χ1n) is 13.7. The lowest BCUT2D eigenvalue weighted by molar-refractivity contribution is -0.205. The van der Waals surface area contributed by atoms with Gasteiger partial charge in [0.25, 0.3) is 0 Å². The highest BCUT2D eigenvalue weighted by atomic mass is 19.4. The van der Waals surface area contributed by atoms with Crippen LogP contribution in [0.3, 0.4) is 0 Å². The number of amides is 1. The molecular weight excluding hydrogens is 457 g/mol. The second-order valence-electron chi connectivity index (χ2n) is 12.2. The maximum atomic E-state index is 14.2. The van der Waals surface area contributed by atoms with Crippen molar-refractivity contribution in [3.05, 3.63) is 0 Å². The Hall–Kier alpha value is -0.940. The molecule has 4 N–H and O–H groups in total. The number of carbonyl (C=O) groups is 1. The fourth-order valence-corrected chi connectivity index (χ4v) is 7.93. The number of hydrogen-bond donors (Lipinski definition) is 4. The van der Waals surface area contributed by atoms with Gasteiger partial charge in [0.1, 0.15) is 0 Å². The first-order valence-corrected chi connectivity index (χ1v) is 13.7. The number of hydrazine groups is 2. The van der Waals surface area contributed by atoms with E-state index < -0.39 is 23.9 Å². The molecule has 35 heavy (non-hydrogen) atoms. The van der Waals surface area contributed by atoms with Crippen LogP contribution < -0.4 is 21.7 Å². The van der Waals surface area contributed by atoms with Gasteiger partial charge in [-0.25, -0.2) is 10.9 Å². The van der Waals surface area contributed by atoms with Gasteiger partial charge >= 0.3 is 6.18 Å². The zero-order chi connectivity index (χ0) is 24.9. The third kappa shape index (κ3) is 5.10. The van der Waals surface area contributed by atoms with Crippen molar-refractivity contribution in [2.45, 2.75) is 83.2 Å². The summed E-state index contributed by atoms with van der Waals surface area (Å²) >= 11 is 0. The number of hydrogen-bond acceptors (Lipinski definition) is 6. The predicted octanol–water partition coefficient (Wildman–Crippen LogP) is 2.67. The molecule has 0 aromatic rings. The van der Waals surface area contributed by atoms with E-state index in [-0.39, 0.29) is 42.8 Å². The third-order valence-corrected chi connectivity index (χ3v) is 10.0. The number of nitrogens with zero attached hydrogens (tertiary/aromatic N) is 2. The lowest BCUT2D eigenvalue weighted by atomic mass is 9.65. The molecule has 0 aromatic heterocycles. The van der Waals surface area contributed by atoms with Gasteiger partial charge in [0.2, 0.25) is 5.91 Å². The molecule has 9 unspecified atom stereocenters. The molecule has 5 fully saturated rings.